The average molecular weight is 565 g/mol. The molecule has 4 rings (SSSR count). The van der Waals surface area contributed by atoms with Crippen molar-refractivity contribution in [1.82, 2.24) is 25.4 Å². The van der Waals surface area contributed by atoms with Crippen LogP contribution in [0.15, 0.2) is 19.6 Å². The zero-order valence-electron chi connectivity index (χ0n) is 16.9. The van der Waals surface area contributed by atoms with Gasteiger partial charge in [0.05, 0.1) is 11.3 Å². The van der Waals surface area contributed by atoms with E-state index >= 15 is 0 Å². The van der Waals surface area contributed by atoms with Crippen molar-refractivity contribution < 1.29 is 19.5 Å². The number of halogens is 1. The summed E-state index contributed by atoms with van der Waals surface area (Å²) in [6.45, 7) is 0.0627. The number of thioether (sulfide) groups is 3. The Bertz CT molecular complexity index is 1130. The zero-order valence-corrected chi connectivity index (χ0v) is 21.7. The van der Waals surface area contributed by atoms with E-state index in [1.165, 1.54) is 62.9 Å². The molecule has 2 aromatic heterocycles. The number of carbonyl (C=O) groups excluding carboxylic acids is 2. The van der Waals surface area contributed by atoms with Crippen LogP contribution in [0.5, 0.6) is 0 Å². The summed E-state index contributed by atoms with van der Waals surface area (Å²) in [4.78, 5) is 43.2. The average Bonchev–Trinajstić information content (AvgIpc) is 3.45. The van der Waals surface area contributed by atoms with E-state index in [-0.39, 0.29) is 29.2 Å². The summed E-state index contributed by atoms with van der Waals surface area (Å²) >= 11 is 12.5. The van der Waals surface area contributed by atoms with Crippen LogP contribution in [0.3, 0.4) is 0 Å². The van der Waals surface area contributed by atoms with Crippen LogP contribution >= 0.6 is 69.6 Å². The molecule has 176 valence electrons. The standard InChI is InChI=1S/C17H17ClN6O4S5/c1-29-15-22-23-16(33-15)32-6-17(13(27)28)4-24-11(26)9(12(24)31-5-17)21-10(25)7(2-18)8-3-30-14(19)20-8/h2-3,9,12H,4-6H2,1H3,(H2,19,20)(H,21,25)(H,27,28)/t9?,12-,17?/m1/s1. The largest absolute Gasteiger partial charge is 0.481 e. The highest BCUT2D eigenvalue weighted by Crippen LogP contribution is 2.45. The van der Waals surface area contributed by atoms with Gasteiger partial charge in [-0.3, -0.25) is 14.4 Å². The van der Waals surface area contributed by atoms with Gasteiger partial charge in [0.15, 0.2) is 13.8 Å². The second kappa shape index (κ2) is 10.00. The lowest BCUT2D eigenvalue weighted by atomic mass is 9.89. The molecule has 33 heavy (non-hydrogen) atoms. The third-order valence-electron chi connectivity index (χ3n) is 5.07. The third-order valence-corrected chi connectivity index (χ3v) is 10.9. The Kier molecular flexibility index (Phi) is 7.45. The highest BCUT2D eigenvalue weighted by molar-refractivity contribution is 8.03. The SMILES string of the molecule is CSc1nnc(SCC2(C(=O)O)CS[C@@H]3C(NC(=O)C(=CCl)c4csc(N)n4)C(=O)N3C2)s1. The number of hydrogen-bond acceptors (Lipinski definition) is 12. The minimum atomic E-state index is -1.12. The second-order valence-corrected chi connectivity index (χ2v) is 12.6. The van der Waals surface area contributed by atoms with Gasteiger partial charge in [0, 0.05) is 29.0 Å². The second-order valence-electron chi connectivity index (χ2n) is 7.12. The summed E-state index contributed by atoms with van der Waals surface area (Å²) in [6.07, 6.45) is 1.90. The molecule has 2 amide bonds. The monoisotopic (exact) mass is 564 g/mol. The first-order chi connectivity index (χ1) is 15.8. The quantitative estimate of drug-likeness (QED) is 0.245. The number of carboxylic acids is 1. The van der Waals surface area contributed by atoms with Gasteiger partial charge in [-0.2, -0.15) is 0 Å². The minimum Gasteiger partial charge on any atom is -0.481 e. The predicted molar refractivity (Wildman–Crippen MR) is 133 cm³/mol. The minimum absolute atomic E-state index is 0.0627. The zero-order chi connectivity index (χ0) is 23.8. The molecule has 0 aromatic carbocycles. The van der Waals surface area contributed by atoms with Crippen LogP contribution in [0.1, 0.15) is 5.69 Å². The Morgan fingerprint density at radius 1 is 1.45 bits per heavy atom. The van der Waals surface area contributed by atoms with E-state index in [1.54, 1.807) is 5.38 Å². The van der Waals surface area contributed by atoms with Crippen LogP contribution < -0.4 is 11.1 Å². The topological polar surface area (TPSA) is 151 Å². The fourth-order valence-corrected chi connectivity index (χ4v) is 8.37. The van der Waals surface area contributed by atoms with Gasteiger partial charge < -0.3 is 21.1 Å². The number of amides is 2. The molecule has 10 nitrogen and oxygen atoms in total. The van der Waals surface area contributed by atoms with E-state index < -0.39 is 23.3 Å². The molecule has 0 spiro atoms. The van der Waals surface area contributed by atoms with Gasteiger partial charge in [0.1, 0.15) is 16.8 Å². The third kappa shape index (κ3) is 4.84. The number of rotatable bonds is 8. The molecule has 2 saturated heterocycles. The maximum Gasteiger partial charge on any atom is 0.313 e. The van der Waals surface area contributed by atoms with Gasteiger partial charge in [-0.15, -0.1) is 33.3 Å². The fraction of sp³-hybridized carbons (Fsp3) is 0.412. The van der Waals surface area contributed by atoms with E-state index in [4.69, 9.17) is 17.3 Å². The number of aliphatic carboxylic acids is 1. The summed E-state index contributed by atoms with van der Waals surface area (Å²) in [5, 5.41) is 22.3. The molecule has 4 N–H and O–H groups in total. The smallest absolute Gasteiger partial charge is 0.313 e. The molecule has 0 aliphatic carbocycles. The normalized spacial score (nSPS) is 24.8. The van der Waals surface area contributed by atoms with Gasteiger partial charge in [-0.1, -0.05) is 46.5 Å². The summed E-state index contributed by atoms with van der Waals surface area (Å²) in [6, 6.07) is -0.767. The number of nitrogens with one attached hydrogen (secondary N) is 1. The van der Waals surface area contributed by atoms with Gasteiger partial charge in [-0.25, -0.2) is 4.98 Å². The van der Waals surface area contributed by atoms with Gasteiger partial charge in [-0.05, 0) is 6.26 Å². The first-order valence-corrected chi connectivity index (χ1v) is 14.7. The Morgan fingerprint density at radius 3 is 2.82 bits per heavy atom. The summed E-state index contributed by atoms with van der Waals surface area (Å²) in [5.74, 6) is -1.28. The van der Waals surface area contributed by atoms with E-state index in [9.17, 15) is 19.5 Å². The van der Waals surface area contributed by atoms with Crippen molar-refractivity contribution >= 4 is 98.0 Å². The lowest BCUT2D eigenvalue weighted by Gasteiger charge is -2.53. The Morgan fingerprint density at radius 2 is 2.21 bits per heavy atom. The lowest BCUT2D eigenvalue weighted by molar-refractivity contribution is -0.157. The van der Waals surface area contributed by atoms with Gasteiger partial charge in [0.25, 0.3) is 5.91 Å². The number of nitrogens with zero attached hydrogens (tertiary/aromatic N) is 4. The molecule has 0 radical (unpaired) electrons. The van der Waals surface area contributed by atoms with Crippen molar-refractivity contribution in [3.63, 3.8) is 0 Å². The Labute approximate surface area is 214 Å². The van der Waals surface area contributed by atoms with E-state index in [1.807, 2.05) is 6.26 Å². The van der Waals surface area contributed by atoms with Gasteiger partial charge >= 0.3 is 5.97 Å². The Balaban J connectivity index is 1.40. The molecule has 2 unspecified atom stereocenters. The number of nitrogens with two attached hydrogens (primary N) is 1. The number of thiazole rings is 1. The van der Waals surface area contributed by atoms with Crippen molar-refractivity contribution in [2.24, 2.45) is 5.41 Å². The first-order valence-electron chi connectivity index (χ1n) is 9.26. The predicted octanol–water partition coefficient (Wildman–Crippen LogP) is 2.14. The van der Waals surface area contributed by atoms with Crippen molar-refractivity contribution in [2.75, 3.05) is 30.0 Å². The first kappa shape index (κ1) is 24.6. The van der Waals surface area contributed by atoms with Gasteiger partial charge in [0.2, 0.25) is 5.91 Å². The van der Waals surface area contributed by atoms with E-state index in [0.29, 0.717) is 20.9 Å². The van der Waals surface area contributed by atoms with Crippen molar-refractivity contribution in [3.8, 4) is 0 Å². The van der Waals surface area contributed by atoms with Crippen molar-refractivity contribution in [1.29, 1.82) is 0 Å². The molecule has 0 bridgehead atoms. The van der Waals surface area contributed by atoms with E-state index in [2.05, 4.69) is 20.5 Å². The number of carbonyl (C=O) groups is 3. The van der Waals surface area contributed by atoms with Crippen molar-refractivity contribution in [3.05, 3.63) is 16.6 Å². The number of anilines is 1. The molecule has 2 aliphatic heterocycles. The number of aromatic nitrogens is 3. The van der Waals surface area contributed by atoms with Crippen LogP contribution in [0.25, 0.3) is 5.57 Å². The number of β-lactam (4-membered cyclic amide) rings is 1. The number of fused-ring (bicyclic) bond motifs is 1. The van der Waals surface area contributed by atoms with Crippen LogP contribution in [0.2, 0.25) is 0 Å². The molecule has 2 aliphatic rings. The highest BCUT2D eigenvalue weighted by Gasteiger charge is 2.57. The molecule has 2 fully saturated rings. The molecule has 0 saturated carbocycles. The number of hydrogen-bond donors (Lipinski definition) is 3. The molecular weight excluding hydrogens is 548 g/mol. The molecule has 2 aromatic rings. The molecule has 4 heterocycles. The molecular formula is C17H17ClN6O4S5. The van der Waals surface area contributed by atoms with Crippen LogP contribution in [-0.2, 0) is 14.4 Å². The van der Waals surface area contributed by atoms with Crippen LogP contribution in [-0.4, -0.2) is 78.7 Å². The van der Waals surface area contributed by atoms with E-state index in [0.717, 1.165) is 9.87 Å². The summed E-state index contributed by atoms with van der Waals surface area (Å²) in [5.41, 5.74) is 6.03. The number of carboxylic acid groups (broad SMARTS) is 1. The molecule has 16 heteroatoms. The maximum atomic E-state index is 12.8. The molecule has 3 atom stereocenters. The number of nitrogen functional groups attached to an aromatic ring is 1. The highest BCUT2D eigenvalue weighted by atomic mass is 35.5. The summed E-state index contributed by atoms with van der Waals surface area (Å²) in [7, 11) is 0. The lowest BCUT2D eigenvalue weighted by Crippen LogP contribution is -2.74. The summed E-state index contributed by atoms with van der Waals surface area (Å²) < 4.78 is 1.50. The fourth-order valence-electron chi connectivity index (χ4n) is 3.30. The van der Waals surface area contributed by atoms with Crippen LogP contribution in [0.4, 0.5) is 5.13 Å². The van der Waals surface area contributed by atoms with Crippen LogP contribution in [0, 0.1) is 5.41 Å². The maximum absolute atomic E-state index is 12.8. The Hall–Kier alpha value is -1.52. The van der Waals surface area contributed by atoms with Crippen molar-refractivity contribution in [2.45, 2.75) is 20.1 Å².